The minimum Gasteiger partial charge on any atom is -0.325 e. The number of anilines is 1. The molecule has 4 amide bonds. The fraction of sp³-hybridized carbons (Fsp3) is 0.318. The molecule has 2 aromatic rings. The summed E-state index contributed by atoms with van der Waals surface area (Å²) >= 11 is 0. The molecule has 30 heavy (non-hydrogen) atoms. The first-order valence-corrected chi connectivity index (χ1v) is 9.65. The van der Waals surface area contributed by atoms with Gasteiger partial charge in [-0.3, -0.25) is 14.5 Å². The number of hydrogen-bond donors (Lipinski definition) is 2. The number of nitrogens with one attached hydrogen (secondary N) is 2. The van der Waals surface area contributed by atoms with E-state index in [9.17, 15) is 23.2 Å². The van der Waals surface area contributed by atoms with E-state index >= 15 is 0 Å². The van der Waals surface area contributed by atoms with Gasteiger partial charge in [-0.2, -0.15) is 0 Å². The van der Waals surface area contributed by atoms with Crippen LogP contribution in [0.15, 0.2) is 42.5 Å². The molecule has 0 aromatic heterocycles. The predicted octanol–water partition coefficient (Wildman–Crippen LogP) is 3.88. The number of nitrogens with zero attached hydrogens (tertiary/aromatic N) is 1. The van der Waals surface area contributed by atoms with Gasteiger partial charge in [0.15, 0.2) is 0 Å². The average molecular weight is 415 g/mol. The maximum Gasteiger partial charge on any atom is 0.325 e. The van der Waals surface area contributed by atoms with E-state index in [1.54, 1.807) is 12.1 Å². The third kappa shape index (κ3) is 4.03. The molecule has 0 unspecified atom stereocenters. The van der Waals surface area contributed by atoms with Gasteiger partial charge < -0.3 is 10.6 Å². The number of imide groups is 1. The summed E-state index contributed by atoms with van der Waals surface area (Å²) in [6.45, 7) is 4.91. The zero-order valence-corrected chi connectivity index (χ0v) is 17.0. The number of carbonyl (C=O) groups is 3. The van der Waals surface area contributed by atoms with Crippen molar-refractivity contribution < 1.29 is 23.2 Å². The van der Waals surface area contributed by atoms with Gasteiger partial charge in [-0.25, -0.2) is 13.6 Å². The number of rotatable bonds is 6. The number of benzene rings is 2. The van der Waals surface area contributed by atoms with E-state index in [0.29, 0.717) is 16.5 Å². The number of halogens is 2. The average Bonchev–Trinajstić information content (AvgIpc) is 2.93. The molecule has 3 rings (SSSR count). The number of hydrogen-bond acceptors (Lipinski definition) is 3. The largest absolute Gasteiger partial charge is 0.325 e. The molecule has 1 saturated heterocycles. The van der Waals surface area contributed by atoms with Crippen LogP contribution in [0, 0.1) is 11.6 Å². The van der Waals surface area contributed by atoms with E-state index in [1.165, 1.54) is 6.92 Å². The SMILES string of the molecule is CC[C@@H](C)c1ccc(NC(=O)CN2C(=O)N[C@](C)(c3cc(F)ccc3F)C2=O)cc1. The van der Waals surface area contributed by atoms with Crippen molar-refractivity contribution in [3.8, 4) is 0 Å². The highest BCUT2D eigenvalue weighted by Gasteiger charge is 2.50. The number of urea groups is 1. The molecule has 158 valence electrons. The summed E-state index contributed by atoms with van der Waals surface area (Å²) in [6.07, 6.45) is 0.989. The molecule has 0 spiro atoms. The van der Waals surface area contributed by atoms with Crippen molar-refractivity contribution in [2.45, 2.75) is 38.6 Å². The molecule has 2 N–H and O–H groups in total. The van der Waals surface area contributed by atoms with Crippen LogP contribution in [0.3, 0.4) is 0 Å². The Morgan fingerprint density at radius 2 is 1.83 bits per heavy atom. The second-order valence-electron chi connectivity index (χ2n) is 7.55. The van der Waals surface area contributed by atoms with E-state index in [4.69, 9.17) is 0 Å². The summed E-state index contributed by atoms with van der Waals surface area (Å²) < 4.78 is 27.8. The van der Waals surface area contributed by atoms with Crippen LogP contribution in [-0.4, -0.2) is 29.3 Å². The fourth-order valence-electron chi connectivity index (χ4n) is 3.38. The summed E-state index contributed by atoms with van der Waals surface area (Å²) in [7, 11) is 0. The van der Waals surface area contributed by atoms with Gasteiger partial charge in [0.1, 0.15) is 23.7 Å². The molecule has 1 fully saturated rings. The topological polar surface area (TPSA) is 78.5 Å². The molecule has 1 aliphatic heterocycles. The molecular weight excluding hydrogens is 392 g/mol. The van der Waals surface area contributed by atoms with Crippen molar-refractivity contribution >= 4 is 23.5 Å². The third-order valence-electron chi connectivity index (χ3n) is 5.42. The summed E-state index contributed by atoms with van der Waals surface area (Å²) in [5.41, 5.74) is -0.443. The van der Waals surface area contributed by atoms with E-state index in [0.717, 1.165) is 30.2 Å². The molecule has 0 saturated carbocycles. The maximum absolute atomic E-state index is 14.2. The Morgan fingerprint density at radius 3 is 2.47 bits per heavy atom. The second kappa shape index (κ2) is 8.22. The summed E-state index contributed by atoms with van der Waals surface area (Å²) in [6, 6.07) is 9.11. The highest BCUT2D eigenvalue weighted by atomic mass is 19.1. The molecule has 2 aromatic carbocycles. The first-order valence-electron chi connectivity index (χ1n) is 9.65. The summed E-state index contributed by atoms with van der Waals surface area (Å²) in [5.74, 6) is -2.61. The van der Waals surface area contributed by atoms with Crippen molar-refractivity contribution in [2.24, 2.45) is 0 Å². The van der Waals surface area contributed by atoms with Crippen LogP contribution < -0.4 is 10.6 Å². The lowest BCUT2D eigenvalue weighted by molar-refractivity contribution is -0.133. The number of carbonyl (C=O) groups excluding carboxylic acids is 3. The Balaban J connectivity index is 1.72. The van der Waals surface area contributed by atoms with Crippen LogP contribution in [0.1, 0.15) is 44.2 Å². The van der Waals surface area contributed by atoms with Gasteiger partial charge in [0, 0.05) is 11.3 Å². The molecule has 1 aliphatic rings. The van der Waals surface area contributed by atoms with E-state index in [2.05, 4.69) is 24.5 Å². The van der Waals surface area contributed by atoms with Gasteiger partial charge in [0.25, 0.3) is 5.91 Å². The van der Waals surface area contributed by atoms with Crippen molar-refractivity contribution in [1.29, 1.82) is 0 Å². The van der Waals surface area contributed by atoms with Crippen molar-refractivity contribution in [2.75, 3.05) is 11.9 Å². The molecule has 0 radical (unpaired) electrons. The van der Waals surface area contributed by atoms with Crippen molar-refractivity contribution in [1.82, 2.24) is 10.2 Å². The minimum atomic E-state index is -1.80. The first kappa shape index (κ1) is 21.4. The quantitative estimate of drug-likeness (QED) is 0.703. The van der Waals surface area contributed by atoms with Gasteiger partial charge in [-0.1, -0.05) is 26.0 Å². The Hall–Kier alpha value is -3.29. The lowest BCUT2D eigenvalue weighted by Gasteiger charge is -2.22. The van der Waals surface area contributed by atoms with Crippen LogP contribution >= 0.6 is 0 Å². The Labute approximate surface area is 173 Å². The van der Waals surface area contributed by atoms with Gasteiger partial charge >= 0.3 is 6.03 Å². The van der Waals surface area contributed by atoms with E-state index in [1.807, 2.05) is 12.1 Å². The molecule has 0 aliphatic carbocycles. The zero-order chi connectivity index (χ0) is 22.1. The first-order chi connectivity index (χ1) is 14.2. The molecule has 0 bridgehead atoms. The fourth-order valence-corrected chi connectivity index (χ4v) is 3.38. The number of amides is 4. The van der Waals surface area contributed by atoms with Gasteiger partial charge in [-0.15, -0.1) is 0 Å². The highest BCUT2D eigenvalue weighted by molar-refractivity contribution is 6.10. The molecule has 1 heterocycles. The van der Waals surface area contributed by atoms with Crippen LogP contribution in [0.4, 0.5) is 19.3 Å². The molecule has 2 atom stereocenters. The minimum absolute atomic E-state index is 0.301. The third-order valence-corrected chi connectivity index (χ3v) is 5.42. The maximum atomic E-state index is 14.2. The van der Waals surface area contributed by atoms with Crippen LogP contribution in [0.2, 0.25) is 0 Å². The zero-order valence-electron chi connectivity index (χ0n) is 17.0. The monoisotopic (exact) mass is 415 g/mol. The highest BCUT2D eigenvalue weighted by Crippen LogP contribution is 2.31. The van der Waals surface area contributed by atoms with Gasteiger partial charge in [0.2, 0.25) is 5.91 Å². The van der Waals surface area contributed by atoms with Gasteiger partial charge in [-0.05, 0) is 55.2 Å². The van der Waals surface area contributed by atoms with Crippen LogP contribution in [0.25, 0.3) is 0 Å². The Morgan fingerprint density at radius 1 is 1.17 bits per heavy atom. The summed E-state index contributed by atoms with van der Waals surface area (Å²) in [4.78, 5) is 38.2. The van der Waals surface area contributed by atoms with Crippen molar-refractivity contribution in [3.63, 3.8) is 0 Å². The Bertz CT molecular complexity index is 994. The van der Waals surface area contributed by atoms with E-state index < -0.39 is 41.6 Å². The lowest BCUT2D eigenvalue weighted by Crippen LogP contribution is -2.42. The summed E-state index contributed by atoms with van der Waals surface area (Å²) in [5, 5.41) is 5.00. The standard InChI is InChI=1S/C22H23F2N3O3/c1-4-13(2)14-5-8-16(9-6-14)25-19(28)12-27-20(29)22(3,26-21(27)30)17-11-15(23)7-10-18(17)24/h5-11,13H,4,12H2,1-3H3,(H,25,28)(H,26,30)/t13-,22-/m1/s1. The van der Waals surface area contributed by atoms with E-state index in [-0.39, 0.29) is 5.56 Å². The molecular formula is C22H23F2N3O3. The van der Waals surface area contributed by atoms with Crippen LogP contribution in [-0.2, 0) is 15.1 Å². The second-order valence-corrected chi connectivity index (χ2v) is 7.55. The lowest BCUT2D eigenvalue weighted by atomic mass is 9.91. The predicted molar refractivity (Wildman–Crippen MR) is 108 cm³/mol. The normalized spacial score (nSPS) is 19.6. The Kier molecular flexibility index (Phi) is 5.87. The molecule has 8 heteroatoms. The smallest absolute Gasteiger partial charge is 0.325 e. The van der Waals surface area contributed by atoms with Crippen molar-refractivity contribution in [3.05, 3.63) is 65.2 Å². The van der Waals surface area contributed by atoms with Gasteiger partial charge in [0.05, 0.1) is 0 Å². The molecule has 6 nitrogen and oxygen atoms in total. The van der Waals surface area contributed by atoms with Crippen LogP contribution in [0.5, 0.6) is 0 Å².